The van der Waals surface area contributed by atoms with Gasteiger partial charge in [-0.2, -0.15) is 0 Å². The summed E-state index contributed by atoms with van der Waals surface area (Å²) in [5, 5.41) is 2.48. The van der Waals surface area contributed by atoms with Crippen LogP contribution >= 0.6 is 0 Å². The fraction of sp³-hybridized carbons (Fsp3) is 0.400. The van der Waals surface area contributed by atoms with Crippen LogP contribution in [0, 0.1) is 12.8 Å². The Balaban J connectivity index is 1.85. The van der Waals surface area contributed by atoms with E-state index in [0.29, 0.717) is 22.6 Å². The number of alkyl halides is 2. The molecule has 3 N–H and O–H groups in total. The zero-order chi connectivity index (χ0) is 21.3. The van der Waals surface area contributed by atoms with Crippen molar-refractivity contribution in [1.82, 2.24) is 9.88 Å². The van der Waals surface area contributed by atoms with Gasteiger partial charge < -0.3 is 16.0 Å². The zero-order valence-corrected chi connectivity index (χ0v) is 16.5. The summed E-state index contributed by atoms with van der Waals surface area (Å²) in [6.45, 7) is 2.89. The van der Waals surface area contributed by atoms with Gasteiger partial charge in [0, 0.05) is 31.0 Å². The van der Waals surface area contributed by atoms with Crippen LogP contribution in [0.4, 0.5) is 20.3 Å². The van der Waals surface area contributed by atoms with E-state index in [-0.39, 0.29) is 6.54 Å². The first kappa shape index (κ1) is 20.6. The van der Waals surface area contributed by atoms with Gasteiger partial charge in [-0.3, -0.25) is 9.59 Å². The minimum Gasteiger partial charge on any atom is -0.383 e. The van der Waals surface area contributed by atoms with E-state index < -0.39 is 36.1 Å². The number of nitrogens with one attached hydrogen (secondary N) is 1. The summed E-state index contributed by atoms with van der Waals surface area (Å²) >= 11 is 0. The molecule has 0 spiro atoms. The fourth-order valence-electron chi connectivity index (χ4n) is 3.35. The lowest BCUT2D eigenvalue weighted by Crippen LogP contribution is -2.52. The van der Waals surface area contributed by atoms with Crippen LogP contribution in [0.25, 0.3) is 0 Å². The summed E-state index contributed by atoms with van der Waals surface area (Å²) < 4.78 is 30.6. The number of anilines is 2. The predicted octanol–water partition coefficient (Wildman–Crippen LogP) is 1.98. The number of amides is 2. The molecule has 0 saturated carbocycles. The molecule has 7 nitrogen and oxygen atoms in total. The highest BCUT2D eigenvalue weighted by Crippen LogP contribution is 2.42. The summed E-state index contributed by atoms with van der Waals surface area (Å²) in [4.78, 5) is 30.6. The van der Waals surface area contributed by atoms with Crippen LogP contribution in [-0.2, 0) is 16.6 Å². The lowest BCUT2D eigenvalue weighted by atomic mass is 9.86. The minimum atomic E-state index is -2.94. The molecule has 1 aliphatic rings. The summed E-state index contributed by atoms with van der Waals surface area (Å²) in [6.07, 6.45) is 4.24. The first-order valence-corrected chi connectivity index (χ1v) is 9.25. The van der Waals surface area contributed by atoms with Crippen LogP contribution < -0.4 is 15.6 Å². The van der Waals surface area contributed by atoms with E-state index in [1.807, 2.05) is 0 Å². The summed E-state index contributed by atoms with van der Waals surface area (Å²) in [5.41, 5.74) is 7.18. The SMILES string of the molecule is Cc1cc(NC(=O)C(=O)N2C[C@H](C)C(F)(F)C[C@H]2c2cc[n+](C)cc2)cnc1N. The highest BCUT2D eigenvalue weighted by molar-refractivity contribution is 6.39. The Hall–Kier alpha value is -3.10. The number of aromatic nitrogens is 2. The normalized spacial score (nSPS) is 20.9. The second-order valence-electron chi connectivity index (χ2n) is 7.52. The molecule has 29 heavy (non-hydrogen) atoms. The lowest BCUT2D eigenvalue weighted by molar-refractivity contribution is -0.671. The van der Waals surface area contributed by atoms with E-state index in [9.17, 15) is 18.4 Å². The molecule has 0 unspecified atom stereocenters. The second kappa shape index (κ2) is 7.73. The molecular weight excluding hydrogens is 380 g/mol. The van der Waals surface area contributed by atoms with Crippen LogP contribution in [0.5, 0.6) is 0 Å². The maximum absolute atomic E-state index is 14.4. The van der Waals surface area contributed by atoms with Crippen molar-refractivity contribution in [2.75, 3.05) is 17.6 Å². The standard InChI is InChI=1S/C20H23F2N5O2/c1-12-8-15(10-24-17(12)23)25-18(28)19(29)27-11-13(2)20(21,22)9-16(27)14-4-6-26(3)7-5-14/h4-8,10,13,16H,9,11H2,1-3H3,(H2-,23,24,25,28,29)/p+1/t13-,16-/m0/s1. The predicted molar refractivity (Wildman–Crippen MR) is 103 cm³/mol. The Labute approximate surface area is 167 Å². The van der Waals surface area contributed by atoms with E-state index >= 15 is 0 Å². The topological polar surface area (TPSA) is 92.2 Å². The number of carbonyl (C=O) groups is 2. The third-order valence-electron chi connectivity index (χ3n) is 5.25. The smallest absolute Gasteiger partial charge is 0.313 e. The van der Waals surface area contributed by atoms with Gasteiger partial charge in [-0.15, -0.1) is 0 Å². The van der Waals surface area contributed by atoms with Gasteiger partial charge in [-0.25, -0.2) is 18.3 Å². The van der Waals surface area contributed by atoms with Gasteiger partial charge in [0.1, 0.15) is 12.9 Å². The number of halogens is 2. The van der Waals surface area contributed by atoms with E-state index in [2.05, 4.69) is 10.3 Å². The van der Waals surface area contributed by atoms with Gasteiger partial charge in [0.2, 0.25) is 0 Å². The molecule has 3 heterocycles. The quantitative estimate of drug-likeness (QED) is 0.591. The van der Waals surface area contributed by atoms with Crippen molar-refractivity contribution in [3.63, 3.8) is 0 Å². The number of nitrogen functional groups attached to an aromatic ring is 1. The van der Waals surface area contributed by atoms with Crippen LogP contribution in [0.1, 0.15) is 30.5 Å². The molecule has 2 atom stereocenters. The summed E-state index contributed by atoms with van der Waals surface area (Å²) in [7, 11) is 1.81. The average Bonchev–Trinajstić information content (AvgIpc) is 2.66. The first-order chi connectivity index (χ1) is 13.6. The number of hydrogen-bond acceptors (Lipinski definition) is 4. The molecule has 1 fully saturated rings. The number of hydrogen-bond donors (Lipinski definition) is 2. The largest absolute Gasteiger partial charge is 0.383 e. The molecular formula is C20H24F2N5O2+. The molecule has 0 bridgehead atoms. The van der Waals surface area contributed by atoms with Crippen molar-refractivity contribution in [3.05, 3.63) is 47.9 Å². The molecule has 1 aliphatic heterocycles. The van der Waals surface area contributed by atoms with Crippen molar-refractivity contribution >= 4 is 23.3 Å². The third kappa shape index (κ3) is 4.33. The molecule has 9 heteroatoms. The maximum Gasteiger partial charge on any atom is 0.313 e. The van der Waals surface area contributed by atoms with Crippen LogP contribution in [0.15, 0.2) is 36.8 Å². The maximum atomic E-state index is 14.4. The molecule has 0 aromatic carbocycles. The number of piperidine rings is 1. The molecule has 0 aliphatic carbocycles. The Morgan fingerprint density at radius 3 is 2.62 bits per heavy atom. The first-order valence-electron chi connectivity index (χ1n) is 9.25. The molecule has 154 valence electrons. The number of rotatable bonds is 2. The van der Waals surface area contributed by atoms with E-state index in [1.165, 1.54) is 18.0 Å². The Kier molecular flexibility index (Phi) is 5.50. The van der Waals surface area contributed by atoms with Crippen molar-refractivity contribution in [2.24, 2.45) is 13.0 Å². The van der Waals surface area contributed by atoms with Crippen molar-refractivity contribution in [3.8, 4) is 0 Å². The molecule has 3 rings (SSSR count). The minimum absolute atomic E-state index is 0.218. The lowest BCUT2D eigenvalue weighted by Gasteiger charge is -2.42. The fourth-order valence-corrected chi connectivity index (χ4v) is 3.35. The number of pyridine rings is 2. The number of nitrogens with two attached hydrogens (primary N) is 1. The Morgan fingerprint density at radius 2 is 2.00 bits per heavy atom. The molecule has 1 saturated heterocycles. The number of likely N-dealkylation sites (tertiary alicyclic amines) is 1. The van der Waals surface area contributed by atoms with Gasteiger partial charge in [0.15, 0.2) is 12.4 Å². The summed E-state index contributed by atoms with van der Waals surface area (Å²) in [6, 6.07) is 4.06. The highest BCUT2D eigenvalue weighted by atomic mass is 19.3. The highest BCUT2D eigenvalue weighted by Gasteiger charge is 2.48. The number of carbonyl (C=O) groups excluding carboxylic acids is 2. The number of nitrogens with zero attached hydrogens (tertiary/aromatic N) is 3. The van der Waals surface area contributed by atoms with E-state index in [0.717, 1.165) is 0 Å². The van der Waals surface area contributed by atoms with Gasteiger partial charge in [-0.05, 0) is 24.1 Å². The second-order valence-corrected chi connectivity index (χ2v) is 7.52. The van der Waals surface area contributed by atoms with Crippen molar-refractivity contribution in [2.45, 2.75) is 32.2 Å². The van der Waals surface area contributed by atoms with Gasteiger partial charge in [0.05, 0.1) is 17.9 Å². The number of aryl methyl sites for hydroxylation is 2. The monoisotopic (exact) mass is 404 g/mol. The molecule has 2 aromatic rings. The van der Waals surface area contributed by atoms with Crippen LogP contribution in [0.2, 0.25) is 0 Å². The van der Waals surface area contributed by atoms with Crippen molar-refractivity contribution < 1.29 is 22.9 Å². The third-order valence-corrected chi connectivity index (χ3v) is 5.25. The van der Waals surface area contributed by atoms with E-state index in [1.54, 1.807) is 49.1 Å². The van der Waals surface area contributed by atoms with Gasteiger partial charge in [-0.1, -0.05) is 6.92 Å². The Morgan fingerprint density at radius 1 is 1.34 bits per heavy atom. The van der Waals surface area contributed by atoms with Crippen LogP contribution in [0.3, 0.4) is 0 Å². The molecule has 0 radical (unpaired) electrons. The van der Waals surface area contributed by atoms with Crippen molar-refractivity contribution in [1.29, 1.82) is 0 Å². The molecule has 2 aromatic heterocycles. The average molecular weight is 404 g/mol. The van der Waals surface area contributed by atoms with Gasteiger partial charge >= 0.3 is 11.8 Å². The van der Waals surface area contributed by atoms with Crippen LogP contribution in [-0.4, -0.2) is 34.2 Å². The Bertz CT molecular complexity index is 933. The molecule has 2 amide bonds. The van der Waals surface area contributed by atoms with Gasteiger partial charge in [0.25, 0.3) is 5.92 Å². The van der Waals surface area contributed by atoms with E-state index in [4.69, 9.17) is 5.73 Å². The zero-order valence-electron chi connectivity index (χ0n) is 16.5. The summed E-state index contributed by atoms with van der Waals surface area (Å²) in [5.74, 6) is -5.44.